The van der Waals surface area contributed by atoms with E-state index in [4.69, 9.17) is 11.6 Å². The maximum atomic E-state index is 12.2. The number of halogens is 5. The topological polar surface area (TPSA) is 29.0 Å². The Kier molecular flexibility index (Phi) is 4.79. The first-order valence-electron chi connectivity index (χ1n) is 4.27. The van der Waals surface area contributed by atoms with Crippen molar-refractivity contribution in [2.75, 3.05) is 23.9 Å². The molecule has 0 saturated carbocycles. The Bertz CT molecular complexity index is 330. The molecule has 3 nitrogen and oxygen atoms in total. The Morgan fingerprint density at radius 1 is 1.31 bits per heavy atom. The van der Waals surface area contributed by atoms with E-state index in [0.717, 1.165) is 4.90 Å². The fourth-order valence-corrected chi connectivity index (χ4v) is 1.45. The first-order valence-corrected chi connectivity index (χ1v) is 5.60. The number of aromatic nitrogens is 2. The molecule has 0 fully saturated rings. The van der Waals surface area contributed by atoms with Gasteiger partial charge in [0.05, 0.1) is 4.47 Å². The second kappa shape index (κ2) is 5.67. The third-order valence-corrected chi connectivity index (χ3v) is 2.19. The Balaban J connectivity index is 2.80. The normalized spacial score (nSPS) is 11.6. The smallest absolute Gasteiger partial charge is 0.331 e. The summed E-state index contributed by atoms with van der Waals surface area (Å²) in [5, 5.41) is 0. The van der Waals surface area contributed by atoms with Gasteiger partial charge in [-0.25, -0.2) is 9.97 Å². The number of nitrogens with zero attached hydrogens (tertiary/aromatic N) is 3. The van der Waals surface area contributed by atoms with E-state index in [9.17, 15) is 13.2 Å². The maximum absolute atomic E-state index is 12.2. The predicted molar refractivity (Wildman–Crippen MR) is 58.7 cm³/mol. The molecule has 0 aromatic carbocycles. The van der Waals surface area contributed by atoms with Gasteiger partial charge < -0.3 is 4.90 Å². The lowest BCUT2D eigenvalue weighted by Gasteiger charge is -2.22. The average Bonchev–Trinajstić information content (AvgIpc) is 2.16. The highest BCUT2D eigenvalue weighted by Gasteiger charge is 2.31. The van der Waals surface area contributed by atoms with Crippen molar-refractivity contribution in [2.45, 2.75) is 6.18 Å². The molecule has 0 atom stereocenters. The minimum absolute atomic E-state index is 0.0150. The molecule has 90 valence electrons. The summed E-state index contributed by atoms with van der Waals surface area (Å²) in [6, 6.07) is 0. The van der Waals surface area contributed by atoms with E-state index in [-0.39, 0.29) is 18.4 Å². The van der Waals surface area contributed by atoms with Crippen molar-refractivity contribution in [3.63, 3.8) is 0 Å². The fourth-order valence-electron chi connectivity index (χ4n) is 1.04. The number of hydrogen-bond acceptors (Lipinski definition) is 3. The van der Waals surface area contributed by atoms with Crippen LogP contribution in [0.4, 0.5) is 19.1 Å². The predicted octanol–water partition coefficient (Wildman–Crippen LogP) is 2.85. The van der Waals surface area contributed by atoms with Gasteiger partial charge in [-0.15, -0.1) is 11.6 Å². The summed E-state index contributed by atoms with van der Waals surface area (Å²) in [6.45, 7) is -1.07. The van der Waals surface area contributed by atoms with Crippen molar-refractivity contribution >= 4 is 33.5 Å². The molecular weight excluding hydrogens is 310 g/mol. The molecular formula is C8H8BrClF3N3. The quantitative estimate of drug-likeness (QED) is 0.799. The summed E-state index contributed by atoms with van der Waals surface area (Å²) >= 11 is 8.54. The van der Waals surface area contributed by atoms with E-state index >= 15 is 0 Å². The van der Waals surface area contributed by atoms with Gasteiger partial charge in [0.15, 0.2) is 0 Å². The zero-order valence-electron chi connectivity index (χ0n) is 8.01. The van der Waals surface area contributed by atoms with Crippen LogP contribution >= 0.6 is 27.5 Å². The van der Waals surface area contributed by atoms with Crippen LogP contribution in [-0.4, -0.2) is 35.1 Å². The Morgan fingerprint density at radius 2 is 1.88 bits per heavy atom. The molecule has 0 bridgehead atoms. The highest BCUT2D eigenvalue weighted by Crippen LogP contribution is 2.19. The highest BCUT2D eigenvalue weighted by atomic mass is 79.9. The van der Waals surface area contributed by atoms with Gasteiger partial charge in [-0.2, -0.15) is 13.2 Å². The molecule has 16 heavy (non-hydrogen) atoms. The maximum Gasteiger partial charge on any atom is 0.406 e. The van der Waals surface area contributed by atoms with Gasteiger partial charge in [0.1, 0.15) is 6.54 Å². The van der Waals surface area contributed by atoms with Crippen LogP contribution in [0.25, 0.3) is 0 Å². The van der Waals surface area contributed by atoms with E-state index in [2.05, 4.69) is 25.9 Å². The third-order valence-electron chi connectivity index (χ3n) is 1.61. The summed E-state index contributed by atoms with van der Waals surface area (Å²) in [6.07, 6.45) is -1.53. The first kappa shape index (κ1) is 13.5. The van der Waals surface area contributed by atoms with E-state index in [0.29, 0.717) is 4.47 Å². The summed E-state index contributed by atoms with van der Waals surface area (Å²) in [5.41, 5.74) is 0. The summed E-state index contributed by atoms with van der Waals surface area (Å²) in [4.78, 5) is 8.57. The molecule has 1 rings (SSSR count). The molecule has 0 aliphatic rings. The molecule has 8 heteroatoms. The van der Waals surface area contributed by atoms with Crippen LogP contribution in [0.2, 0.25) is 0 Å². The second-order valence-electron chi connectivity index (χ2n) is 2.93. The zero-order chi connectivity index (χ0) is 12.2. The van der Waals surface area contributed by atoms with Crippen molar-refractivity contribution < 1.29 is 13.2 Å². The van der Waals surface area contributed by atoms with Crippen LogP contribution in [0, 0.1) is 0 Å². The Hall–Kier alpha value is -0.560. The van der Waals surface area contributed by atoms with Crippen molar-refractivity contribution in [2.24, 2.45) is 0 Å². The molecule has 0 saturated heterocycles. The number of anilines is 1. The molecule has 0 unspecified atom stereocenters. The lowest BCUT2D eigenvalue weighted by molar-refractivity contribution is -0.119. The van der Waals surface area contributed by atoms with Gasteiger partial charge in [-0.1, -0.05) is 0 Å². The van der Waals surface area contributed by atoms with Gasteiger partial charge in [0.25, 0.3) is 0 Å². The molecule has 0 aliphatic carbocycles. The minimum Gasteiger partial charge on any atom is -0.331 e. The molecule has 1 aromatic heterocycles. The monoisotopic (exact) mass is 317 g/mol. The summed E-state index contributed by atoms with van der Waals surface area (Å²) in [7, 11) is 0. The summed E-state index contributed by atoms with van der Waals surface area (Å²) < 4.78 is 37.3. The number of hydrogen-bond donors (Lipinski definition) is 0. The van der Waals surface area contributed by atoms with E-state index in [1.165, 1.54) is 12.4 Å². The minimum atomic E-state index is -4.30. The number of rotatable bonds is 4. The Labute approximate surface area is 104 Å². The lowest BCUT2D eigenvalue weighted by atomic mass is 10.5. The van der Waals surface area contributed by atoms with E-state index < -0.39 is 12.7 Å². The molecule has 0 aliphatic heterocycles. The second-order valence-corrected chi connectivity index (χ2v) is 4.22. The summed E-state index contributed by atoms with van der Waals surface area (Å²) in [5.74, 6) is 0.0938. The lowest BCUT2D eigenvalue weighted by Crippen LogP contribution is -2.36. The van der Waals surface area contributed by atoms with Crippen LogP contribution in [-0.2, 0) is 0 Å². The van der Waals surface area contributed by atoms with Crippen molar-refractivity contribution in [3.05, 3.63) is 16.9 Å². The molecule has 0 amide bonds. The van der Waals surface area contributed by atoms with Gasteiger partial charge in [-0.3, -0.25) is 0 Å². The molecule has 0 N–H and O–H groups in total. The SMILES string of the molecule is FC(F)(F)CN(CCCl)c1ncc(Br)cn1. The Morgan fingerprint density at radius 3 is 2.31 bits per heavy atom. The van der Waals surface area contributed by atoms with Crippen LogP contribution in [0.15, 0.2) is 16.9 Å². The van der Waals surface area contributed by atoms with Gasteiger partial charge in [-0.05, 0) is 15.9 Å². The fraction of sp³-hybridized carbons (Fsp3) is 0.500. The van der Waals surface area contributed by atoms with Crippen molar-refractivity contribution in [1.29, 1.82) is 0 Å². The van der Waals surface area contributed by atoms with Gasteiger partial charge in [0, 0.05) is 24.8 Å². The average molecular weight is 319 g/mol. The molecule has 0 radical (unpaired) electrons. The van der Waals surface area contributed by atoms with Crippen molar-refractivity contribution in [1.82, 2.24) is 9.97 Å². The third kappa shape index (κ3) is 4.52. The van der Waals surface area contributed by atoms with E-state index in [1.807, 2.05) is 0 Å². The zero-order valence-corrected chi connectivity index (χ0v) is 10.3. The van der Waals surface area contributed by atoms with Crippen LogP contribution < -0.4 is 4.90 Å². The first-order chi connectivity index (χ1) is 7.42. The molecule has 1 aromatic rings. The van der Waals surface area contributed by atoms with Gasteiger partial charge in [0.2, 0.25) is 5.95 Å². The van der Waals surface area contributed by atoms with Crippen LogP contribution in [0.1, 0.15) is 0 Å². The van der Waals surface area contributed by atoms with Crippen molar-refractivity contribution in [3.8, 4) is 0 Å². The van der Waals surface area contributed by atoms with E-state index in [1.54, 1.807) is 0 Å². The van der Waals surface area contributed by atoms with Gasteiger partial charge >= 0.3 is 6.18 Å². The van der Waals surface area contributed by atoms with Crippen LogP contribution in [0.5, 0.6) is 0 Å². The standard InChI is InChI=1S/C8H8BrClF3N3/c9-6-3-14-7(15-4-6)16(2-1-10)5-8(11,12)13/h3-4H,1-2,5H2. The number of alkyl halides is 4. The highest BCUT2D eigenvalue weighted by molar-refractivity contribution is 9.10. The van der Waals surface area contributed by atoms with Crippen LogP contribution in [0.3, 0.4) is 0 Å². The molecule has 1 heterocycles. The molecule has 0 spiro atoms. The largest absolute Gasteiger partial charge is 0.406 e.